The molecule has 0 aromatic heterocycles. The molecule has 0 aliphatic heterocycles. The maximum absolute atomic E-state index is 11.3. The number of amides is 1. The summed E-state index contributed by atoms with van der Waals surface area (Å²) in [6.45, 7) is 1.57. The Morgan fingerprint density at radius 1 is 1.00 bits per heavy atom. The quantitative estimate of drug-likeness (QED) is 0.868. The van der Waals surface area contributed by atoms with Gasteiger partial charge >= 0.3 is 0 Å². The average molecular weight is 253 g/mol. The van der Waals surface area contributed by atoms with Gasteiger partial charge in [0.25, 0.3) is 0 Å². The van der Waals surface area contributed by atoms with Crippen LogP contribution in [0.25, 0.3) is 0 Å². The minimum atomic E-state index is 0.0157. The molecule has 2 aromatic rings. The van der Waals surface area contributed by atoms with Crippen LogP contribution in [0.4, 0.5) is 0 Å². The van der Waals surface area contributed by atoms with Gasteiger partial charge in [-0.3, -0.25) is 4.79 Å². The summed E-state index contributed by atoms with van der Waals surface area (Å²) in [7, 11) is 0. The highest BCUT2D eigenvalue weighted by Gasteiger charge is 2.12. The lowest BCUT2D eigenvalue weighted by Gasteiger charge is -2.18. The van der Waals surface area contributed by atoms with E-state index in [1.807, 2.05) is 36.4 Å². The number of hydrogen-bond acceptors (Lipinski definition) is 1. The number of aryl methyl sites for hydroxylation is 1. The van der Waals surface area contributed by atoms with Crippen molar-refractivity contribution in [2.75, 3.05) is 0 Å². The summed E-state index contributed by atoms with van der Waals surface area (Å²) in [6.07, 6.45) is 1.87. The van der Waals surface area contributed by atoms with Gasteiger partial charge in [0.15, 0.2) is 0 Å². The van der Waals surface area contributed by atoms with Gasteiger partial charge in [-0.25, -0.2) is 0 Å². The monoisotopic (exact) mass is 253 g/mol. The molecule has 0 aliphatic carbocycles. The molecule has 2 nitrogen and oxygen atoms in total. The molecule has 2 heteroatoms. The van der Waals surface area contributed by atoms with Gasteiger partial charge in [0.1, 0.15) is 0 Å². The average Bonchev–Trinajstić information content (AvgIpc) is 2.45. The molecule has 0 saturated heterocycles. The van der Waals surface area contributed by atoms with E-state index in [1.165, 1.54) is 5.56 Å². The van der Waals surface area contributed by atoms with Crippen LogP contribution in [-0.4, -0.2) is 5.91 Å². The normalized spacial score (nSPS) is 11.8. The lowest BCUT2D eigenvalue weighted by atomic mass is 9.99. The number of benzene rings is 2. The van der Waals surface area contributed by atoms with Gasteiger partial charge < -0.3 is 5.32 Å². The second kappa shape index (κ2) is 6.74. The van der Waals surface area contributed by atoms with Crippen LogP contribution in [0.1, 0.15) is 30.5 Å². The summed E-state index contributed by atoms with van der Waals surface area (Å²) < 4.78 is 0. The zero-order valence-electron chi connectivity index (χ0n) is 11.2. The zero-order valence-corrected chi connectivity index (χ0v) is 11.2. The first-order chi connectivity index (χ1) is 9.25. The van der Waals surface area contributed by atoms with Crippen LogP contribution in [0.15, 0.2) is 60.7 Å². The molecule has 19 heavy (non-hydrogen) atoms. The highest BCUT2D eigenvalue weighted by molar-refractivity contribution is 5.73. The number of carbonyl (C=O) groups excluding carboxylic acids is 1. The third-order valence-electron chi connectivity index (χ3n) is 3.14. The van der Waals surface area contributed by atoms with Crippen LogP contribution in [0.5, 0.6) is 0 Å². The molecule has 0 bridgehead atoms. The largest absolute Gasteiger partial charge is 0.350 e. The minimum Gasteiger partial charge on any atom is -0.350 e. The first-order valence-electron chi connectivity index (χ1n) is 6.61. The van der Waals surface area contributed by atoms with Crippen molar-refractivity contribution < 1.29 is 4.79 Å². The molecule has 1 atom stereocenters. The molecule has 1 N–H and O–H groups in total. The Balaban J connectivity index is 2.04. The van der Waals surface area contributed by atoms with Crippen LogP contribution in [0, 0.1) is 0 Å². The van der Waals surface area contributed by atoms with E-state index in [4.69, 9.17) is 0 Å². The fourth-order valence-corrected chi connectivity index (χ4v) is 2.21. The van der Waals surface area contributed by atoms with E-state index in [1.54, 1.807) is 6.92 Å². The van der Waals surface area contributed by atoms with Crippen LogP contribution >= 0.6 is 0 Å². The molecule has 0 aliphatic rings. The maximum Gasteiger partial charge on any atom is 0.217 e. The molecule has 98 valence electrons. The van der Waals surface area contributed by atoms with E-state index >= 15 is 0 Å². The van der Waals surface area contributed by atoms with Crippen LogP contribution < -0.4 is 5.32 Å². The summed E-state index contributed by atoms with van der Waals surface area (Å²) >= 11 is 0. The second-order valence-corrected chi connectivity index (χ2v) is 4.69. The predicted molar refractivity (Wildman–Crippen MR) is 77.8 cm³/mol. The molecule has 2 aromatic carbocycles. The summed E-state index contributed by atoms with van der Waals surface area (Å²) in [5.74, 6) is 0.0157. The Bertz CT molecular complexity index is 507. The Morgan fingerprint density at radius 2 is 1.58 bits per heavy atom. The molecule has 1 amide bonds. The lowest BCUT2D eigenvalue weighted by molar-refractivity contribution is -0.119. The van der Waals surface area contributed by atoms with Crippen LogP contribution in [0.2, 0.25) is 0 Å². The van der Waals surface area contributed by atoms with Crippen LogP contribution in [0.3, 0.4) is 0 Å². The predicted octanol–water partition coefficient (Wildman–Crippen LogP) is 3.50. The molecule has 0 heterocycles. The number of hydrogen-bond donors (Lipinski definition) is 1. The van der Waals surface area contributed by atoms with E-state index in [0.29, 0.717) is 0 Å². The van der Waals surface area contributed by atoms with E-state index in [0.717, 1.165) is 18.4 Å². The lowest BCUT2D eigenvalue weighted by Crippen LogP contribution is -2.26. The van der Waals surface area contributed by atoms with Crippen molar-refractivity contribution in [1.82, 2.24) is 5.32 Å². The van der Waals surface area contributed by atoms with Crippen molar-refractivity contribution in [1.29, 1.82) is 0 Å². The summed E-state index contributed by atoms with van der Waals surface area (Å²) in [5, 5.41) is 3.03. The highest BCUT2D eigenvalue weighted by Crippen LogP contribution is 2.19. The molecule has 0 radical (unpaired) electrons. The van der Waals surface area contributed by atoms with E-state index in [2.05, 4.69) is 29.6 Å². The van der Waals surface area contributed by atoms with Gasteiger partial charge in [-0.05, 0) is 24.0 Å². The molecule has 0 fully saturated rings. The number of rotatable bonds is 5. The van der Waals surface area contributed by atoms with Crippen molar-refractivity contribution in [2.24, 2.45) is 0 Å². The molecule has 0 saturated carbocycles. The van der Waals surface area contributed by atoms with Crippen molar-refractivity contribution in [3.63, 3.8) is 0 Å². The fourth-order valence-electron chi connectivity index (χ4n) is 2.21. The zero-order chi connectivity index (χ0) is 13.5. The van der Waals surface area contributed by atoms with Gasteiger partial charge in [0, 0.05) is 6.92 Å². The summed E-state index contributed by atoms with van der Waals surface area (Å²) in [6, 6.07) is 20.6. The SMILES string of the molecule is CC(=O)N[C@H](CCc1ccccc1)c1ccccc1. The second-order valence-electron chi connectivity index (χ2n) is 4.69. The molecular formula is C17H19NO. The molecular weight excluding hydrogens is 234 g/mol. The smallest absolute Gasteiger partial charge is 0.217 e. The van der Waals surface area contributed by atoms with Gasteiger partial charge in [-0.2, -0.15) is 0 Å². The van der Waals surface area contributed by atoms with Gasteiger partial charge in [-0.1, -0.05) is 60.7 Å². The van der Waals surface area contributed by atoms with Crippen molar-refractivity contribution in [3.8, 4) is 0 Å². The highest BCUT2D eigenvalue weighted by atomic mass is 16.1. The third-order valence-corrected chi connectivity index (χ3v) is 3.14. The number of carbonyl (C=O) groups is 1. The Kier molecular flexibility index (Phi) is 4.73. The van der Waals surface area contributed by atoms with E-state index in [9.17, 15) is 4.79 Å². The first-order valence-corrected chi connectivity index (χ1v) is 6.61. The van der Waals surface area contributed by atoms with E-state index < -0.39 is 0 Å². The summed E-state index contributed by atoms with van der Waals surface area (Å²) in [4.78, 5) is 11.3. The molecule has 0 spiro atoms. The van der Waals surface area contributed by atoms with Crippen molar-refractivity contribution in [3.05, 3.63) is 71.8 Å². The van der Waals surface area contributed by atoms with Gasteiger partial charge in [-0.15, -0.1) is 0 Å². The minimum absolute atomic E-state index is 0.0157. The number of nitrogens with one attached hydrogen (secondary N) is 1. The van der Waals surface area contributed by atoms with Crippen molar-refractivity contribution >= 4 is 5.91 Å². The topological polar surface area (TPSA) is 29.1 Å². The van der Waals surface area contributed by atoms with Crippen LogP contribution in [-0.2, 0) is 11.2 Å². The Morgan fingerprint density at radius 3 is 2.16 bits per heavy atom. The Hall–Kier alpha value is -2.09. The Labute approximate surface area is 114 Å². The van der Waals surface area contributed by atoms with Gasteiger partial charge in [0.05, 0.1) is 6.04 Å². The first kappa shape index (κ1) is 13.3. The summed E-state index contributed by atoms with van der Waals surface area (Å²) in [5.41, 5.74) is 2.46. The standard InChI is InChI=1S/C17H19NO/c1-14(19)18-17(16-10-6-3-7-11-16)13-12-15-8-4-2-5-9-15/h2-11,17H,12-13H2,1H3,(H,18,19)/t17-/m1/s1. The fraction of sp³-hybridized carbons (Fsp3) is 0.235. The van der Waals surface area contributed by atoms with Gasteiger partial charge in [0.2, 0.25) is 5.91 Å². The van der Waals surface area contributed by atoms with E-state index in [-0.39, 0.29) is 11.9 Å². The third kappa shape index (κ3) is 4.25. The van der Waals surface area contributed by atoms with Crippen molar-refractivity contribution in [2.45, 2.75) is 25.8 Å². The molecule has 2 rings (SSSR count). The maximum atomic E-state index is 11.3. The molecule has 0 unspecified atom stereocenters.